The summed E-state index contributed by atoms with van der Waals surface area (Å²) in [7, 11) is 0. The van der Waals surface area contributed by atoms with Gasteiger partial charge in [-0.2, -0.15) is 0 Å². The summed E-state index contributed by atoms with van der Waals surface area (Å²) < 4.78 is 14.4. The van der Waals surface area contributed by atoms with Gasteiger partial charge in [0.15, 0.2) is 0 Å². The van der Waals surface area contributed by atoms with Gasteiger partial charge >= 0.3 is 0 Å². The molecule has 1 aromatic rings. The van der Waals surface area contributed by atoms with E-state index in [0.29, 0.717) is 11.5 Å². The van der Waals surface area contributed by atoms with Crippen LogP contribution in [0.15, 0.2) is 22.7 Å². The van der Waals surface area contributed by atoms with Crippen molar-refractivity contribution in [3.63, 3.8) is 0 Å². The highest BCUT2D eigenvalue weighted by atomic mass is 79.9. The molecule has 19 heavy (non-hydrogen) atoms. The zero-order chi connectivity index (χ0) is 13.4. The summed E-state index contributed by atoms with van der Waals surface area (Å²) in [6.45, 7) is 0.276. The van der Waals surface area contributed by atoms with Crippen molar-refractivity contribution in [2.24, 2.45) is 17.8 Å². The number of carbonyl (C=O) groups is 1. The first-order valence-corrected chi connectivity index (χ1v) is 7.64. The Morgan fingerprint density at radius 2 is 2.21 bits per heavy atom. The summed E-state index contributed by atoms with van der Waals surface area (Å²) in [5.41, 5.74) is 0.533. The molecule has 1 N–H and O–H groups in total. The van der Waals surface area contributed by atoms with Crippen LogP contribution in [0.25, 0.3) is 0 Å². The molecule has 2 nitrogen and oxygen atoms in total. The second-order valence-electron chi connectivity index (χ2n) is 5.73. The summed E-state index contributed by atoms with van der Waals surface area (Å²) in [6.07, 6.45) is 4.71. The molecule has 2 saturated carbocycles. The highest BCUT2D eigenvalue weighted by molar-refractivity contribution is 9.10. The maximum Gasteiger partial charge on any atom is 0.223 e. The van der Waals surface area contributed by atoms with E-state index in [-0.39, 0.29) is 24.2 Å². The Kier molecular flexibility index (Phi) is 3.61. The van der Waals surface area contributed by atoms with Crippen LogP contribution in [0, 0.1) is 23.6 Å². The van der Waals surface area contributed by atoms with Gasteiger partial charge in [-0.15, -0.1) is 0 Å². The van der Waals surface area contributed by atoms with Crippen LogP contribution in [-0.2, 0) is 11.3 Å². The summed E-state index contributed by atoms with van der Waals surface area (Å²) in [4.78, 5) is 12.2. The van der Waals surface area contributed by atoms with Gasteiger partial charge in [0.05, 0.1) is 0 Å². The van der Waals surface area contributed by atoms with E-state index in [9.17, 15) is 9.18 Å². The van der Waals surface area contributed by atoms with Crippen molar-refractivity contribution in [1.29, 1.82) is 0 Å². The van der Waals surface area contributed by atoms with E-state index in [0.717, 1.165) is 16.8 Å². The lowest BCUT2D eigenvalue weighted by Crippen LogP contribution is -2.33. The number of halogens is 2. The first-order valence-electron chi connectivity index (χ1n) is 6.85. The largest absolute Gasteiger partial charge is 0.352 e. The zero-order valence-electron chi connectivity index (χ0n) is 10.7. The highest BCUT2D eigenvalue weighted by Gasteiger charge is 2.42. The minimum Gasteiger partial charge on any atom is -0.352 e. The molecule has 102 valence electrons. The van der Waals surface area contributed by atoms with Crippen LogP contribution in [0.1, 0.15) is 31.2 Å². The van der Waals surface area contributed by atoms with Gasteiger partial charge < -0.3 is 5.32 Å². The monoisotopic (exact) mass is 325 g/mol. The standard InChI is InChI=1S/C15H17BrFNO/c16-12-3-4-14(17)11(7-12)8-18-15(19)13-6-9-1-2-10(13)5-9/h3-4,7,9-10,13H,1-2,5-6,8H2,(H,18,19). The van der Waals surface area contributed by atoms with Gasteiger partial charge in [0.1, 0.15) is 5.82 Å². The topological polar surface area (TPSA) is 29.1 Å². The minimum atomic E-state index is -0.267. The molecule has 0 aromatic heterocycles. The fourth-order valence-corrected chi connectivity index (χ4v) is 3.97. The van der Waals surface area contributed by atoms with Gasteiger partial charge in [-0.3, -0.25) is 4.79 Å². The van der Waals surface area contributed by atoms with Crippen molar-refractivity contribution in [2.75, 3.05) is 0 Å². The second-order valence-corrected chi connectivity index (χ2v) is 6.65. The Morgan fingerprint density at radius 1 is 1.37 bits per heavy atom. The molecular formula is C15H17BrFNO. The van der Waals surface area contributed by atoms with Crippen LogP contribution in [0.4, 0.5) is 4.39 Å². The van der Waals surface area contributed by atoms with Crippen molar-refractivity contribution in [3.05, 3.63) is 34.1 Å². The molecule has 2 aliphatic rings. The van der Waals surface area contributed by atoms with E-state index >= 15 is 0 Å². The molecule has 2 aliphatic carbocycles. The van der Waals surface area contributed by atoms with Crippen LogP contribution >= 0.6 is 15.9 Å². The number of fused-ring (bicyclic) bond motifs is 2. The summed E-state index contributed by atoms with van der Waals surface area (Å²) in [6, 6.07) is 4.80. The molecule has 4 heteroatoms. The maximum atomic E-state index is 13.6. The van der Waals surface area contributed by atoms with Crippen molar-refractivity contribution in [1.82, 2.24) is 5.32 Å². The average molecular weight is 326 g/mol. The van der Waals surface area contributed by atoms with Gasteiger partial charge in [0, 0.05) is 22.5 Å². The quantitative estimate of drug-likeness (QED) is 0.903. The van der Waals surface area contributed by atoms with Crippen LogP contribution in [0.3, 0.4) is 0 Å². The van der Waals surface area contributed by atoms with Crippen molar-refractivity contribution < 1.29 is 9.18 Å². The molecule has 0 saturated heterocycles. The predicted molar refractivity (Wildman–Crippen MR) is 74.9 cm³/mol. The third kappa shape index (κ3) is 2.69. The molecule has 0 radical (unpaired) electrons. The average Bonchev–Trinajstić information content (AvgIpc) is 3.02. The first kappa shape index (κ1) is 13.1. The van der Waals surface area contributed by atoms with E-state index in [1.165, 1.54) is 25.3 Å². The third-order valence-corrected chi connectivity index (χ3v) is 5.03. The Balaban J connectivity index is 1.60. The summed E-state index contributed by atoms with van der Waals surface area (Å²) >= 11 is 3.32. The normalized spacial score (nSPS) is 28.6. The van der Waals surface area contributed by atoms with E-state index in [1.807, 2.05) is 0 Å². The molecular weight excluding hydrogens is 309 g/mol. The Hall–Kier alpha value is -0.900. The molecule has 3 unspecified atom stereocenters. The van der Waals surface area contributed by atoms with Crippen molar-refractivity contribution in [3.8, 4) is 0 Å². The molecule has 3 atom stereocenters. The lowest BCUT2D eigenvalue weighted by atomic mass is 9.88. The van der Waals surface area contributed by atoms with Crippen LogP contribution in [-0.4, -0.2) is 5.91 Å². The molecule has 0 aliphatic heterocycles. The van der Waals surface area contributed by atoms with E-state index in [4.69, 9.17) is 0 Å². The number of benzene rings is 1. The number of hydrogen-bond donors (Lipinski definition) is 1. The molecule has 1 amide bonds. The van der Waals surface area contributed by atoms with Gasteiger partial charge in [0.25, 0.3) is 0 Å². The van der Waals surface area contributed by atoms with Crippen LogP contribution < -0.4 is 5.32 Å². The van der Waals surface area contributed by atoms with E-state index in [2.05, 4.69) is 21.2 Å². The van der Waals surface area contributed by atoms with Gasteiger partial charge in [-0.25, -0.2) is 4.39 Å². The van der Waals surface area contributed by atoms with Crippen LogP contribution in [0.5, 0.6) is 0 Å². The zero-order valence-corrected chi connectivity index (χ0v) is 12.2. The molecule has 3 rings (SSSR count). The molecule has 2 fully saturated rings. The maximum absolute atomic E-state index is 13.6. The number of carbonyl (C=O) groups excluding carboxylic acids is 1. The number of rotatable bonds is 3. The minimum absolute atomic E-state index is 0.103. The highest BCUT2D eigenvalue weighted by Crippen LogP contribution is 2.48. The first-order chi connectivity index (χ1) is 9.13. The Labute approximate surface area is 120 Å². The van der Waals surface area contributed by atoms with Crippen molar-refractivity contribution >= 4 is 21.8 Å². The lowest BCUT2D eigenvalue weighted by Gasteiger charge is -2.20. The molecule has 2 bridgehead atoms. The fraction of sp³-hybridized carbons (Fsp3) is 0.533. The predicted octanol–water partition coefficient (Wildman–Crippen LogP) is 3.64. The molecule has 0 heterocycles. The molecule has 1 aromatic carbocycles. The van der Waals surface area contributed by atoms with Gasteiger partial charge in [0.2, 0.25) is 5.91 Å². The Morgan fingerprint density at radius 3 is 2.89 bits per heavy atom. The summed E-state index contributed by atoms with van der Waals surface area (Å²) in [5, 5.41) is 2.89. The SMILES string of the molecule is O=C(NCc1cc(Br)ccc1F)C1CC2CCC1C2. The van der Waals surface area contributed by atoms with Gasteiger partial charge in [-0.1, -0.05) is 22.4 Å². The Bertz CT molecular complexity index is 505. The number of nitrogens with one attached hydrogen (secondary N) is 1. The van der Waals surface area contributed by atoms with E-state index in [1.54, 1.807) is 12.1 Å². The van der Waals surface area contributed by atoms with Gasteiger partial charge in [-0.05, 0) is 49.3 Å². The number of hydrogen-bond acceptors (Lipinski definition) is 1. The molecule has 0 spiro atoms. The van der Waals surface area contributed by atoms with Crippen molar-refractivity contribution in [2.45, 2.75) is 32.2 Å². The second kappa shape index (κ2) is 5.23. The summed E-state index contributed by atoms with van der Waals surface area (Å²) in [5.74, 6) is 1.32. The smallest absolute Gasteiger partial charge is 0.223 e. The number of amides is 1. The lowest BCUT2D eigenvalue weighted by molar-refractivity contribution is -0.126. The third-order valence-electron chi connectivity index (χ3n) is 4.54. The van der Waals surface area contributed by atoms with E-state index < -0.39 is 0 Å². The fourth-order valence-electron chi connectivity index (χ4n) is 3.56. The van der Waals surface area contributed by atoms with Crippen LogP contribution in [0.2, 0.25) is 0 Å².